The van der Waals surface area contributed by atoms with Gasteiger partial charge in [-0.1, -0.05) is 30.3 Å². The fourth-order valence-corrected chi connectivity index (χ4v) is 4.83. The van der Waals surface area contributed by atoms with Crippen LogP contribution in [0.25, 0.3) is 0 Å². The van der Waals surface area contributed by atoms with E-state index >= 15 is 0 Å². The van der Waals surface area contributed by atoms with Gasteiger partial charge in [0.25, 0.3) is 5.91 Å². The second-order valence-electron chi connectivity index (χ2n) is 6.37. The van der Waals surface area contributed by atoms with Gasteiger partial charge in [0.1, 0.15) is 18.1 Å². The number of nitrogens with one attached hydrogen (secondary N) is 1. The van der Waals surface area contributed by atoms with Crippen molar-refractivity contribution in [3.8, 4) is 0 Å². The maximum Gasteiger partial charge on any atom is 0.353 e. The topological polar surface area (TPSA) is 136 Å². The van der Waals surface area contributed by atoms with Crippen LogP contribution in [0.4, 0.5) is 0 Å². The van der Waals surface area contributed by atoms with Crippen molar-refractivity contribution >= 4 is 34.9 Å². The van der Waals surface area contributed by atoms with Gasteiger partial charge in [0.05, 0.1) is 6.42 Å². The molecule has 2 aliphatic rings. The molecule has 0 aromatic heterocycles. The number of hydrogen-bond acceptors (Lipinski definition) is 6. The van der Waals surface area contributed by atoms with Crippen LogP contribution >= 0.6 is 0 Å². The van der Waals surface area contributed by atoms with Gasteiger partial charge in [-0.3, -0.25) is 19.3 Å². The molecule has 28 heavy (non-hydrogen) atoms. The van der Waals surface area contributed by atoms with Crippen molar-refractivity contribution in [2.24, 2.45) is 0 Å². The maximum atomic E-state index is 12.6. The van der Waals surface area contributed by atoms with E-state index in [9.17, 15) is 28.8 Å². The van der Waals surface area contributed by atoms with Crippen molar-refractivity contribution in [1.29, 1.82) is 0 Å². The van der Waals surface area contributed by atoms with Gasteiger partial charge in [-0.15, -0.1) is 0 Å². The fraction of sp³-hybridized carbons (Fsp3) is 0.333. The number of carbonyl (C=O) groups excluding carboxylic acids is 3. The van der Waals surface area contributed by atoms with Crippen LogP contribution in [0.1, 0.15) is 12.5 Å². The smallest absolute Gasteiger partial charge is 0.353 e. The molecule has 2 aliphatic heterocycles. The molecule has 0 saturated carbocycles. The average Bonchev–Trinajstić information content (AvgIpc) is 2.64. The standard InChI is InChI=1S/C18H18N2O7S/c1-10(21)27-8-12-9-28(26)17-14(16(23)20(17)15(12)18(24)25)19-13(22)7-11-5-3-2-4-6-11/h2-6,14,17H,7-9H2,1H3,(H,19,22)(H,24,25)/t14-,17-,28+/m1/s1. The van der Waals surface area contributed by atoms with Gasteiger partial charge in [-0.05, 0) is 16.7 Å². The first-order chi connectivity index (χ1) is 13.3. The molecule has 0 bridgehead atoms. The van der Waals surface area contributed by atoms with E-state index in [-0.39, 0.29) is 30.1 Å². The predicted octanol–water partition coefficient (Wildman–Crippen LogP) is -0.454. The molecule has 0 radical (unpaired) electrons. The SMILES string of the molecule is CC(=O)OCC1=C(C(=O)O)N2C(=O)[C@@H](NC(=O)Cc3ccccc3)[C@H]2[S@@+]([O-])C1. The largest absolute Gasteiger partial charge is 0.614 e. The van der Waals surface area contributed by atoms with Gasteiger partial charge < -0.3 is 19.7 Å². The van der Waals surface area contributed by atoms with Crippen molar-refractivity contribution in [2.75, 3.05) is 12.4 Å². The van der Waals surface area contributed by atoms with E-state index in [4.69, 9.17) is 4.74 Å². The molecular formula is C18H18N2O7S. The van der Waals surface area contributed by atoms with Crippen LogP contribution in [0.5, 0.6) is 0 Å². The Labute approximate surface area is 163 Å². The van der Waals surface area contributed by atoms with Gasteiger partial charge in [0.15, 0.2) is 6.04 Å². The molecule has 3 atom stereocenters. The molecule has 1 saturated heterocycles. The van der Waals surface area contributed by atoms with Gasteiger partial charge in [-0.2, -0.15) is 0 Å². The number of nitrogens with zero attached hydrogens (tertiary/aromatic N) is 1. The lowest BCUT2D eigenvalue weighted by molar-refractivity contribution is -0.151. The average molecular weight is 406 g/mol. The second-order valence-corrected chi connectivity index (χ2v) is 7.90. The second kappa shape index (κ2) is 8.03. The van der Waals surface area contributed by atoms with Crippen molar-refractivity contribution in [3.05, 3.63) is 47.2 Å². The van der Waals surface area contributed by atoms with Crippen LogP contribution in [0.2, 0.25) is 0 Å². The molecule has 2 N–H and O–H groups in total. The number of aliphatic carboxylic acids is 1. The van der Waals surface area contributed by atoms with Crippen LogP contribution in [0.3, 0.4) is 0 Å². The summed E-state index contributed by atoms with van der Waals surface area (Å²) in [5.41, 5.74) is 0.507. The third-order valence-corrected chi connectivity index (χ3v) is 6.04. The van der Waals surface area contributed by atoms with Gasteiger partial charge in [0.2, 0.25) is 11.3 Å². The summed E-state index contributed by atoms with van der Waals surface area (Å²) in [5.74, 6) is -3.24. The molecule has 2 amide bonds. The van der Waals surface area contributed by atoms with Crippen LogP contribution < -0.4 is 5.32 Å². The predicted molar refractivity (Wildman–Crippen MR) is 97.0 cm³/mol. The third kappa shape index (κ3) is 3.87. The first-order valence-corrected chi connectivity index (χ1v) is 9.80. The molecule has 0 spiro atoms. The molecule has 148 valence electrons. The Morgan fingerprint density at radius 2 is 2.00 bits per heavy atom. The quantitative estimate of drug-likeness (QED) is 0.371. The Morgan fingerprint density at radius 1 is 1.32 bits per heavy atom. The van der Waals surface area contributed by atoms with Gasteiger partial charge >= 0.3 is 11.9 Å². The Morgan fingerprint density at radius 3 is 2.61 bits per heavy atom. The lowest BCUT2D eigenvalue weighted by Gasteiger charge is -2.48. The molecule has 1 fully saturated rings. The number of fused-ring (bicyclic) bond motifs is 1. The van der Waals surface area contributed by atoms with E-state index in [0.717, 1.165) is 17.4 Å². The summed E-state index contributed by atoms with van der Waals surface area (Å²) in [6.45, 7) is 0.806. The number of carboxylic acid groups (broad SMARTS) is 1. The van der Waals surface area contributed by atoms with Crippen LogP contribution in [0, 0.1) is 0 Å². The highest BCUT2D eigenvalue weighted by atomic mass is 32.2. The van der Waals surface area contributed by atoms with E-state index in [2.05, 4.69) is 5.32 Å². The summed E-state index contributed by atoms with van der Waals surface area (Å²) in [6, 6.07) is 7.85. The fourth-order valence-electron chi connectivity index (χ4n) is 3.16. The summed E-state index contributed by atoms with van der Waals surface area (Å²) < 4.78 is 17.4. The molecule has 10 heteroatoms. The summed E-state index contributed by atoms with van der Waals surface area (Å²) in [6.07, 6.45) is 0.0449. The minimum Gasteiger partial charge on any atom is -0.614 e. The minimum atomic E-state index is -1.65. The highest BCUT2D eigenvalue weighted by Crippen LogP contribution is 2.36. The first kappa shape index (κ1) is 19.9. The van der Waals surface area contributed by atoms with Gasteiger partial charge in [-0.25, -0.2) is 4.79 Å². The Kier molecular flexibility index (Phi) is 5.71. The Hall–Kier alpha value is -2.85. The van der Waals surface area contributed by atoms with E-state index in [1.54, 1.807) is 24.3 Å². The lowest BCUT2D eigenvalue weighted by Crippen LogP contribution is -2.75. The highest BCUT2D eigenvalue weighted by Gasteiger charge is 2.61. The van der Waals surface area contributed by atoms with E-state index < -0.39 is 46.3 Å². The number of hydrogen-bond donors (Lipinski definition) is 2. The minimum absolute atomic E-state index is 0.0449. The van der Waals surface area contributed by atoms with Crippen molar-refractivity contribution in [2.45, 2.75) is 24.8 Å². The van der Waals surface area contributed by atoms with Crippen LogP contribution in [-0.2, 0) is 41.5 Å². The zero-order valence-corrected chi connectivity index (χ0v) is 15.7. The molecule has 1 aromatic rings. The number of carboxylic acids is 1. The highest BCUT2D eigenvalue weighted by molar-refractivity contribution is 7.92. The van der Waals surface area contributed by atoms with Crippen molar-refractivity contribution in [1.82, 2.24) is 10.2 Å². The molecule has 2 heterocycles. The molecule has 1 aromatic carbocycles. The number of benzene rings is 1. The van der Waals surface area contributed by atoms with Crippen LogP contribution in [0.15, 0.2) is 41.6 Å². The molecular weight excluding hydrogens is 388 g/mol. The monoisotopic (exact) mass is 406 g/mol. The number of amides is 2. The zero-order chi connectivity index (χ0) is 20.4. The van der Waals surface area contributed by atoms with E-state index in [0.29, 0.717) is 0 Å². The van der Waals surface area contributed by atoms with Crippen molar-refractivity contribution < 1.29 is 33.6 Å². The van der Waals surface area contributed by atoms with E-state index in [1.807, 2.05) is 6.07 Å². The van der Waals surface area contributed by atoms with Gasteiger partial charge in [0, 0.05) is 12.5 Å². The number of esters is 1. The summed E-state index contributed by atoms with van der Waals surface area (Å²) in [4.78, 5) is 48.3. The normalized spacial score (nSPS) is 23.6. The Balaban J connectivity index is 1.74. The van der Waals surface area contributed by atoms with Crippen LogP contribution in [-0.4, -0.2) is 62.1 Å². The zero-order valence-electron chi connectivity index (χ0n) is 14.9. The maximum absolute atomic E-state index is 12.6. The summed E-state index contributed by atoms with van der Waals surface area (Å²) in [5, 5.41) is 11.1. The number of carbonyl (C=O) groups is 4. The molecule has 0 unspecified atom stereocenters. The summed E-state index contributed by atoms with van der Waals surface area (Å²) >= 11 is -1.65. The molecule has 9 nitrogen and oxygen atoms in total. The van der Waals surface area contributed by atoms with E-state index in [1.165, 1.54) is 0 Å². The number of ether oxygens (including phenoxy) is 1. The first-order valence-electron chi connectivity index (χ1n) is 8.41. The number of β-lactam (4-membered cyclic amide) rings is 1. The lowest BCUT2D eigenvalue weighted by atomic mass is 10.0. The number of rotatable bonds is 6. The summed E-state index contributed by atoms with van der Waals surface area (Å²) in [7, 11) is 0. The van der Waals surface area contributed by atoms with Crippen molar-refractivity contribution in [3.63, 3.8) is 0 Å². The molecule has 3 rings (SSSR count). The third-order valence-electron chi connectivity index (χ3n) is 4.38. The molecule has 0 aliphatic carbocycles. The Bertz CT molecular complexity index is 855.